The largest absolute Gasteiger partial charge is 0.464 e. The van der Waals surface area contributed by atoms with Gasteiger partial charge in [0.15, 0.2) is 0 Å². The van der Waals surface area contributed by atoms with E-state index in [1.807, 2.05) is 14.0 Å². The number of rotatable bonds is 6. The first-order chi connectivity index (χ1) is 7.17. The number of nitrogens with one attached hydrogen (secondary N) is 1. The molecule has 0 saturated heterocycles. The normalized spacial score (nSPS) is 13.1. The lowest BCUT2D eigenvalue weighted by atomic mass is 10.2. The number of hydrogen-bond donors (Lipinski definition) is 1. The monoisotopic (exact) mass is 211 g/mol. The van der Waals surface area contributed by atoms with E-state index in [0.29, 0.717) is 12.7 Å². The van der Waals surface area contributed by atoms with Crippen LogP contribution in [0.1, 0.15) is 37.4 Å². The van der Waals surface area contributed by atoms with E-state index in [9.17, 15) is 0 Å². The lowest BCUT2D eigenvalue weighted by molar-refractivity contribution is 0.0403. The van der Waals surface area contributed by atoms with Crippen LogP contribution in [0.5, 0.6) is 0 Å². The molecule has 3 nitrogen and oxygen atoms in total. The maximum atomic E-state index is 5.61. The fraction of sp³-hybridized carbons (Fsp3) is 0.667. The average Bonchev–Trinajstić information content (AvgIpc) is 2.57. The van der Waals surface area contributed by atoms with Gasteiger partial charge < -0.3 is 14.5 Å². The van der Waals surface area contributed by atoms with Crippen LogP contribution in [-0.4, -0.2) is 13.2 Å². The maximum absolute atomic E-state index is 5.61. The minimum atomic E-state index is 0.295. The van der Waals surface area contributed by atoms with Crippen molar-refractivity contribution in [1.82, 2.24) is 5.32 Å². The van der Waals surface area contributed by atoms with Crippen LogP contribution in [0, 0.1) is 6.92 Å². The van der Waals surface area contributed by atoms with Crippen LogP contribution in [-0.2, 0) is 17.9 Å². The van der Waals surface area contributed by atoms with E-state index in [0.717, 1.165) is 24.5 Å². The van der Waals surface area contributed by atoms with E-state index in [1.165, 1.54) is 5.56 Å². The summed E-state index contributed by atoms with van der Waals surface area (Å²) in [5.74, 6) is 1.89. The van der Waals surface area contributed by atoms with Crippen LogP contribution in [0.15, 0.2) is 10.5 Å². The molecule has 1 atom stereocenters. The molecule has 1 N–H and O–H groups in total. The summed E-state index contributed by atoms with van der Waals surface area (Å²) in [7, 11) is 1.93. The molecule has 0 bridgehead atoms. The SMILES string of the molecule is CCC(C)OCc1cc(CNC)c(C)o1. The lowest BCUT2D eigenvalue weighted by Crippen LogP contribution is -2.06. The quantitative estimate of drug-likeness (QED) is 0.785. The number of ether oxygens (including phenoxy) is 1. The average molecular weight is 211 g/mol. The van der Waals surface area contributed by atoms with E-state index < -0.39 is 0 Å². The van der Waals surface area contributed by atoms with Gasteiger partial charge in [0, 0.05) is 12.1 Å². The van der Waals surface area contributed by atoms with Crippen molar-refractivity contribution in [2.45, 2.75) is 46.4 Å². The van der Waals surface area contributed by atoms with Gasteiger partial charge in [-0.2, -0.15) is 0 Å². The Morgan fingerprint density at radius 1 is 1.53 bits per heavy atom. The van der Waals surface area contributed by atoms with Crippen molar-refractivity contribution < 1.29 is 9.15 Å². The van der Waals surface area contributed by atoms with Crippen LogP contribution in [0.2, 0.25) is 0 Å². The van der Waals surface area contributed by atoms with Gasteiger partial charge in [0.25, 0.3) is 0 Å². The molecule has 0 spiro atoms. The number of hydrogen-bond acceptors (Lipinski definition) is 3. The van der Waals surface area contributed by atoms with Gasteiger partial charge in [-0.05, 0) is 33.4 Å². The van der Waals surface area contributed by atoms with Gasteiger partial charge in [-0.1, -0.05) is 6.92 Å². The van der Waals surface area contributed by atoms with Gasteiger partial charge in [-0.15, -0.1) is 0 Å². The molecule has 0 saturated carbocycles. The van der Waals surface area contributed by atoms with Crippen LogP contribution in [0.25, 0.3) is 0 Å². The summed E-state index contributed by atoms with van der Waals surface area (Å²) < 4.78 is 11.2. The third-order valence-electron chi connectivity index (χ3n) is 2.52. The standard InChI is InChI=1S/C12H21NO2/c1-5-9(2)14-8-12-6-11(7-13-4)10(3)15-12/h6,9,13H,5,7-8H2,1-4H3. The molecule has 0 aliphatic rings. The minimum absolute atomic E-state index is 0.295. The predicted octanol–water partition coefficient (Wildman–Crippen LogP) is 2.62. The van der Waals surface area contributed by atoms with Gasteiger partial charge in [0.2, 0.25) is 0 Å². The lowest BCUT2D eigenvalue weighted by Gasteiger charge is -2.07. The number of aryl methyl sites for hydroxylation is 1. The van der Waals surface area contributed by atoms with Crippen LogP contribution in [0.3, 0.4) is 0 Å². The molecule has 0 radical (unpaired) electrons. The van der Waals surface area contributed by atoms with E-state index in [4.69, 9.17) is 9.15 Å². The molecule has 1 unspecified atom stereocenters. The number of furan rings is 1. The highest BCUT2D eigenvalue weighted by Crippen LogP contribution is 2.16. The fourth-order valence-corrected chi connectivity index (χ4v) is 1.37. The van der Waals surface area contributed by atoms with Crippen molar-refractivity contribution in [2.24, 2.45) is 0 Å². The third kappa shape index (κ3) is 3.68. The molecule has 3 heteroatoms. The second-order valence-corrected chi connectivity index (χ2v) is 3.85. The minimum Gasteiger partial charge on any atom is -0.464 e. The summed E-state index contributed by atoms with van der Waals surface area (Å²) in [4.78, 5) is 0. The zero-order valence-electron chi connectivity index (χ0n) is 10.1. The van der Waals surface area contributed by atoms with Crippen LogP contribution >= 0.6 is 0 Å². The third-order valence-corrected chi connectivity index (χ3v) is 2.52. The molecular formula is C12H21NO2. The van der Waals surface area contributed by atoms with Gasteiger partial charge in [-0.25, -0.2) is 0 Å². The zero-order chi connectivity index (χ0) is 11.3. The van der Waals surface area contributed by atoms with Gasteiger partial charge >= 0.3 is 0 Å². The van der Waals surface area contributed by atoms with Crippen LogP contribution in [0.4, 0.5) is 0 Å². The Morgan fingerprint density at radius 2 is 2.27 bits per heavy atom. The van der Waals surface area contributed by atoms with Gasteiger partial charge in [0.1, 0.15) is 18.1 Å². The summed E-state index contributed by atoms with van der Waals surface area (Å²) in [6.07, 6.45) is 1.33. The molecule has 1 rings (SSSR count). The topological polar surface area (TPSA) is 34.4 Å². The molecule has 15 heavy (non-hydrogen) atoms. The molecule has 86 valence electrons. The molecule has 0 fully saturated rings. The molecule has 1 heterocycles. The summed E-state index contributed by atoms with van der Waals surface area (Å²) in [5, 5.41) is 3.11. The fourth-order valence-electron chi connectivity index (χ4n) is 1.37. The molecular weight excluding hydrogens is 190 g/mol. The van der Waals surface area contributed by atoms with Crippen molar-refractivity contribution in [3.63, 3.8) is 0 Å². The molecule has 1 aromatic rings. The van der Waals surface area contributed by atoms with E-state index in [1.54, 1.807) is 0 Å². The Labute approximate surface area is 91.8 Å². The van der Waals surface area contributed by atoms with E-state index in [-0.39, 0.29) is 0 Å². The van der Waals surface area contributed by atoms with Crippen molar-refractivity contribution in [1.29, 1.82) is 0 Å². The molecule has 0 aromatic carbocycles. The molecule has 0 aliphatic carbocycles. The van der Waals surface area contributed by atoms with Crippen molar-refractivity contribution in [3.05, 3.63) is 23.2 Å². The Kier molecular flexibility index (Phi) is 4.85. The summed E-state index contributed by atoms with van der Waals surface area (Å²) >= 11 is 0. The van der Waals surface area contributed by atoms with Gasteiger partial charge in [-0.3, -0.25) is 0 Å². The Morgan fingerprint density at radius 3 is 2.87 bits per heavy atom. The summed E-state index contributed by atoms with van der Waals surface area (Å²) in [6.45, 7) is 7.59. The van der Waals surface area contributed by atoms with E-state index in [2.05, 4.69) is 25.2 Å². The highest BCUT2D eigenvalue weighted by Gasteiger charge is 2.07. The smallest absolute Gasteiger partial charge is 0.130 e. The first kappa shape index (κ1) is 12.3. The first-order valence-corrected chi connectivity index (χ1v) is 5.51. The molecule has 0 aliphatic heterocycles. The van der Waals surface area contributed by atoms with Gasteiger partial charge in [0.05, 0.1) is 6.10 Å². The highest BCUT2D eigenvalue weighted by molar-refractivity contribution is 5.20. The highest BCUT2D eigenvalue weighted by atomic mass is 16.5. The van der Waals surface area contributed by atoms with Crippen molar-refractivity contribution >= 4 is 0 Å². The molecule has 1 aromatic heterocycles. The zero-order valence-corrected chi connectivity index (χ0v) is 10.1. The Bertz CT molecular complexity index is 294. The summed E-state index contributed by atoms with van der Waals surface area (Å²) in [5.41, 5.74) is 1.21. The summed E-state index contributed by atoms with van der Waals surface area (Å²) in [6, 6.07) is 2.06. The van der Waals surface area contributed by atoms with Crippen LogP contribution < -0.4 is 5.32 Å². The Balaban J connectivity index is 2.51. The Hall–Kier alpha value is -0.800. The van der Waals surface area contributed by atoms with Crippen molar-refractivity contribution in [2.75, 3.05) is 7.05 Å². The maximum Gasteiger partial charge on any atom is 0.130 e. The van der Waals surface area contributed by atoms with Crippen molar-refractivity contribution in [3.8, 4) is 0 Å². The second-order valence-electron chi connectivity index (χ2n) is 3.85. The second kappa shape index (κ2) is 5.93. The predicted molar refractivity (Wildman–Crippen MR) is 60.8 cm³/mol. The van der Waals surface area contributed by atoms with E-state index >= 15 is 0 Å². The molecule has 0 amide bonds. The first-order valence-electron chi connectivity index (χ1n) is 5.51.